The number of hydrogen-bond donors (Lipinski definition) is 1. The van der Waals surface area contributed by atoms with Crippen LogP contribution in [0.2, 0.25) is 0 Å². The molecule has 0 saturated carbocycles. The van der Waals surface area contributed by atoms with Crippen LogP contribution in [0.3, 0.4) is 0 Å². The van der Waals surface area contributed by atoms with Crippen LogP contribution in [-0.4, -0.2) is 34.8 Å². The second kappa shape index (κ2) is 6.42. The van der Waals surface area contributed by atoms with E-state index in [0.29, 0.717) is 30.2 Å². The molecule has 0 amide bonds. The maximum Gasteiger partial charge on any atom is 0.270 e. The minimum atomic E-state index is -0.459. The van der Waals surface area contributed by atoms with Crippen molar-refractivity contribution in [3.63, 3.8) is 0 Å². The molecule has 112 valence electrons. The molecule has 1 aromatic heterocycles. The summed E-state index contributed by atoms with van der Waals surface area (Å²) in [5, 5.41) is 14.7. The van der Waals surface area contributed by atoms with E-state index in [1.54, 1.807) is 13.2 Å². The fourth-order valence-corrected chi connectivity index (χ4v) is 1.87. The van der Waals surface area contributed by atoms with E-state index in [1.807, 2.05) is 6.92 Å². The van der Waals surface area contributed by atoms with Crippen LogP contribution in [-0.2, 0) is 11.2 Å². The van der Waals surface area contributed by atoms with Gasteiger partial charge in [-0.1, -0.05) is 11.2 Å². The summed E-state index contributed by atoms with van der Waals surface area (Å²) < 4.78 is 10.3. The van der Waals surface area contributed by atoms with Crippen LogP contribution < -0.4 is 5.73 Å². The third-order valence-corrected chi connectivity index (χ3v) is 3.14. The van der Waals surface area contributed by atoms with Gasteiger partial charge in [-0.3, -0.25) is 10.1 Å². The lowest BCUT2D eigenvalue weighted by atomic mass is 10.1. The molecule has 0 spiro atoms. The van der Waals surface area contributed by atoms with Crippen molar-refractivity contribution in [3.05, 3.63) is 39.8 Å². The Hall–Kier alpha value is -2.32. The van der Waals surface area contributed by atoms with Crippen molar-refractivity contribution in [2.75, 3.05) is 13.7 Å². The Morgan fingerprint density at radius 3 is 2.90 bits per heavy atom. The molecule has 1 unspecified atom stereocenters. The van der Waals surface area contributed by atoms with Crippen molar-refractivity contribution in [1.82, 2.24) is 10.1 Å². The number of methoxy groups -OCH3 is 1. The quantitative estimate of drug-likeness (QED) is 0.632. The highest BCUT2D eigenvalue weighted by atomic mass is 16.6. The van der Waals surface area contributed by atoms with E-state index in [2.05, 4.69) is 10.1 Å². The Balaban J connectivity index is 2.29. The first-order chi connectivity index (χ1) is 10.0. The molecule has 1 atom stereocenters. The number of aromatic nitrogens is 2. The highest BCUT2D eigenvalue weighted by Gasteiger charge is 2.17. The predicted molar refractivity (Wildman–Crippen MR) is 74.7 cm³/mol. The Kier molecular flexibility index (Phi) is 4.61. The van der Waals surface area contributed by atoms with Gasteiger partial charge in [0.1, 0.15) is 0 Å². The van der Waals surface area contributed by atoms with Crippen LogP contribution >= 0.6 is 0 Å². The lowest BCUT2D eigenvalue weighted by Crippen LogP contribution is -2.24. The van der Waals surface area contributed by atoms with Gasteiger partial charge in [-0.25, -0.2) is 0 Å². The molecular weight excluding hydrogens is 276 g/mol. The molecule has 8 heteroatoms. The average molecular weight is 292 g/mol. The van der Waals surface area contributed by atoms with E-state index in [1.165, 1.54) is 12.1 Å². The molecule has 1 aromatic carbocycles. The van der Waals surface area contributed by atoms with Crippen LogP contribution in [0.4, 0.5) is 5.69 Å². The first-order valence-corrected chi connectivity index (χ1v) is 6.36. The molecule has 0 saturated heterocycles. The minimum absolute atomic E-state index is 0.0151. The van der Waals surface area contributed by atoms with Gasteiger partial charge in [0.15, 0.2) is 0 Å². The molecule has 0 aliphatic rings. The summed E-state index contributed by atoms with van der Waals surface area (Å²) in [5.74, 6) is 0.700. The topological polar surface area (TPSA) is 117 Å². The van der Waals surface area contributed by atoms with Gasteiger partial charge in [-0.15, -0.1) is 0 Å². The number of hydrogen-bond acceptors (Lipinski definition) is 7. The minimum Gasteiger partial charge on any atom is -0.380 e. The van der Waals surface area contributed by atoms with Crippen LogP contribution in [0.15, 0.2) is 22.7 Å². The van der Waals surface area contributed by atoms with E-state index in [4.69, 9.17) is 15.0 Å². The fourth-order valence-electron chi connectivity index (χ4n) is 1.87. The molecule has 0 bridgehead atoms. The average Bonchev–Trinajstić information content (AvgIpc) is 2.93. The zero-order valence-corrected chi connectivity index (χ0v) is 11.8. The van der Waals surface area contributed by atoms with Gasteiger partial charge in [-0.05, 0) is 12.5 Å². The summed E-state index contributed by atoms with van der Waals surface area (Å²) in [6, 6.07) is 4.53. The van der Waals surface area contributed by atoms with Crippen molar-refractivity contribution >= 4 is 5.69 Å². The third-order valence-electron chi connectivity index (χ3n) is 3.14. The first kappa shape index (κ1) is 15.1. The summed E-state index contributed by atoms with van der Waals surface area (Å²) in [4.78, 5) is 14.6. The van der Waals surface area contributed by atoms with Gasteiger partial charge in [0, 0.05) is 31.4 Å². The van der Waals surface area contributed by atoms with Crippen LogP contribution in [0.1, 0.15) is 11.5 Å². The molecule has 0 aliphatic carbocycles. The van der Waals surface area contributed by atoms with Crippen LogP contribution in [0.5, 0.6) is 0 Å². The molecule has 21 heavy (non-hydrogen) atoms. The largest absolute Gasteiger partial charge is 0.380 e. The fraction of sp³-hybridized carbons (Fsp3) is 0.385. The highest BCUT2D eigenvalue weighted by Crippen LogP contribution is 2.25. The zero-order valence-electron chi connectivity index (χ0n) is 11.8. The molecule has 0 radical (unpaired) electrons. The SMILES string of the molecule is COC(CN)Cc1nc(-c2cc([N+](=O)[O-])ccc2C)no1. The van der Waals surface area contributed by atoms with E-state index >= 15 is 0 Å². The number of rotatable bonds is 6. The maximum absolute atomic E-state index is 10.8. The van der Waals surface area contributed by atoms with Gasteiger partial charge in [0.25, 0.3) is 5.69 Å². The lowest BCUT2D eigenvalue weighted by Gasteiger charge is -2.08. The molecule has 2 rings (SSSR count). The number of nitro benzene ring substituents is 1. The lowest BCUT2D eigenvalue weighted by molar-refractivity contribution is -0.384. The molecule has 8 nitrogen and oxygen atoms in total. The maximum atomic E-state index is 10.8. The second-order valence-corrected chi connectivity index (χ2v) is 4.57. The van der Waals surface area contributed by atoms with E-state index < -0.39 is 4.92 Å². The third kappa shape index (κ3) is 3.41. The number of aryl methyl sites for hydroxylation is 1. The van der Waals surface area contributed by atoms with Gasteiger partial charge in [0.05, 0.1) is 17.4 Å². The summed E-state index contributed by atoms with van der Waals surface area (Å²) >= 11 is 0. The second-order valence-electron chi connectivity index (χ2n) is 4.57. The normalized spacial score (nSPS) is 12.3. The smallest absolute Gasteiger partial charge is 0.270 e. The Morgan fingerprint density at radius 2 is 2.29 bits per heavy atom. The number of nitrogens with zero attached hydrogens (tertiary/aromatic N) is 3. The molecule has 0 fully saturated rings. The monoisotopic (exact) mass is 292 g/mol. The number of ether oxygens (including phenoxy) is 1. The van der Waals surface area contributed by atoms with E-state index in [-0.39, 0.29) is 11.8 Å². The number of nitrogens with two attached hydrogens (primary N) is 1. The van der Waals surface area contributed by atoms with Crippen molar-refractivity contribution in [2.45, 2.75) is 19.4 Å². The first-order valence-electron chi connectivity index (χ1n) is 6.36. The number of nitro groups is 1. The van der Waals surface area contributed by atoms with Gasteiger partial charge in [-0.2, -0.15) is 4.98 Å². The number of benzene rings is 1. The van der Waals surface area contributed by atoms with E-state index in [9.17, 15) is 10.1 Å². The van der Waals surface area contributed by atoms with Crippen molar-refractivity contribution in [2.24, 2.45) is 5.73 Å². The Labute approximate surface area is 121 Å². The van der Waals surface area contributed by atoms with Crippen LogP contribution in [0.25, 0.3) is 11.4 Å². The van der Waals surface area contributed by atoms with Gasteiger partial charge >= 0.3 is 0 Å². The summed E-state index contributed by atoms with van der Waals surface area (Å²) in [6.45, 7) is 2.16. The molecule has 2 aromatic rings. The van der Waals surface area contributed by atoms with Crippen molar-refractivity contribution < 1.29 is 14.2 Å². The molecule has 0 aliphatic heterocycles. The van der Waals surface area contributed by atoms with Crippen molar-refractivity contribution in [1.29, 1.82) is 0 Å². The zero-order chi connectivity index (χ0) is 15.4. The van der Waals surface area contributed by atoms with E-state index in [0.717, 1.165) is 5.56 Å². The Bertz CT molecular complexity index is 637. The molecule has 2 N–H and O–H groups in total. The predicted octanol–water partition coefficient (Wildman–Crippen LogP) is 1.47. The summed E-state index contributed by atoms with van der Waals surface area (Å²) in [6.07, 6.45) is 0.193. The Morgan fingerprint density at radius 1 is 1.52 bits per heavy atom. The highest BCUT2D eigenvalue weighted by molar-refractivity contribution is 5.63. The number of non-ortho nitro benzene ring substituents is 1. The van der Waals surface area contributed by atoms with Gasteiger partial charge < -0.3 is 15.0 Å². The molecular formula is C13H16N4O4. The standard InChI is InChI=1S/C13H16N4O4/c1-8-3-4-9(17(18)19)5-11(8)13-15-12(21-16-13)6-10(7-14)20-2/h3-5,10H,6-7,14H2,1-2H3. The molecule has 1 heterocycles. The summed E-state index contributed by atoms with van der Waals surface area (Å²) in [5.41, 5.74) is 6.92. The summed E-state index contributed by atoms with van der Waals surface area (Å²) in [7, 11) is 1.56. The van der Waals surface area contributed by atoms with Gasteiger partial charge in [0.2, 0.25) is 11.7 Å². The van der Waals surface area contributed by atoms with Crippen molar-refractivity contribution in [3.8, 4) is 11.4 Å². The van der Waals surface area contributed by atoms with Crippen LogP contribution in [0, 0.1) is 17.0 Å².